The highest BCUT2D eigenvalue weighted by Crippen LogP contribution is 2.32. The number of carbonyl (C=O) groups is 1. The summed E-state index contributed by atoms with van der Waals surface area (Å²) in [4.78, 5) is 11.5. The maximum atomic E-state index is 13.5. The monoisotopic (exact) mass is 298 g/mol. The van der Waals surface area contributed by atoms with Crippen molar-refractivity contribution in [2.24, 2.45) is 0 Å². The predicted molar refractivity (Wildman–Crippen MR) is 60.1 cm³/mol. The highest BCUT2D eigenvalue weighted by atomic mass is 32.2. The molecule has 8 heteroatoms. The maximum Gasteiger partial charge on any atom is 0.419 e. The van der Waals surface area contributed by atoms with Crippen molar-refractivity contribution in [3.63, 3.8) is 0 Å². The molecule has 3 nitrogen and oxygen atoms in total. The Bertz CT molecular complexity index is 590. The number of alkyl halides is 3. The van der Waals surface area contributed by atoms with Gasteiger partial charge in [0.25, 0.3) is 0 Å². The van der Waals surface area contributed by atoms with Gasteiger partial charge in [0, 0.05) is 12.7 Å². The summed E-state index contributed by atoms with van der Waals surface area (Å²) >= 11 is 0. The Hall–Kier alpha value is -1.44. The van der Waals surface area contributed by atoms with Crippen LogP contribution in [0.2, 0.25) is 0 Å². The molecule has 0 spiro atoms. The van der Waals surface area contributed by atoms with Crippen LogP contribution in [0.4, 0.5) is 17.6 Å². The second kappa shape index (κ2) is 5.28. The van der Waals surface area contributed by atoms with E-state index in [0.717, 1.165) is 18.4 Å². The van der Waals surface area contributed by atoms with Crippen molar-refractivity contribution < 1.29 is 30.8 Å². The first kappa shape index (κ1) is 15.6. The van der Waals surface area contributed by atoms with Gasteiger partial charge < -0.3 is 0 Å². The molecule has 0 unspecified atom stereocenters. The van der Waals surface area contributed by atoms with Crippen molar-refractivity contribution >= 4 is 15.6 Å². The molecule has 0 fully saturated rings. The van der Waals surface area contributed by atoms with Crippen LogP contribution in [0, 0.1) is 5.82 Å². The Kier molecular flexibility index (Phi) is 4.34. The van der Waals surface area contributed by atoms with Crippen LogP contribution in [0.15, 0.2) is 18.2 Å². The van der Waals surface area contributed by atoms with Crippen LogP contribution < -0.4 is 0 Å². The molecule has 0 aliphatic rings. The van der Waals surface area contributed by atoms with Crippen molar-refractivity contribution in [1.82, 2.24) is 0 Å². The van der Waals surface area contributed by atoms with Crippen LogP contribution in [-0.2, 0) is 16.0 Å². The van der Waals surface area contributed by atoms with Crippen LogP contribution in [0.1, 0.15) is 22.3 Å². The van der Waals surface area contributed by atoms with Gasteiger partial charge in [0.1, 0.15) is 15.7 Å². The van der Waals surface area contributed by atoms with E-state index in [-0.39, 0.29) is 0 Å². The van der Waals surface area contributed by atoms with Gasteiger partial charge in [-0.1, -0.05) is 6.07 Å². The number of hydrogen-bond acceptors (Lipinski definition) is 3. The fourth-order valence-corrected chi connectivity index (χ4v) is 1.94. The standard InChI is InChI=1S/C11H10F4O3S/c1-19(17,18)6-5-9(16)7-3-2-4-8(10(7)12)11(13,14)15/h2-4H,5-6H2,1H3. The molecule has 0 aromatic heterocycles. The third-order valence-corrected chi connectivity index (χ3v) is 3.25. The Morgan fingerprint density at radius 3 is 2.32 bits per heavy atom. The number of hydrogen-bond donors (Lipinski definition) is 0. The highest BCUT2D eigenvalue weighted by Gasteiger charge is 2.35. The van der Waals surface area contributed by atoms with Crippen LogP contribution in [-0.4, -0.2) is 26.2 Å². The van der Waals surface area contributed by atoms with Gasteiger partial charge in [-0.2, -0.15) is 13.2 Å². The molecule has 0 saturated carbocycles. The predicted octanol–water partition coefficient (Wildman–Crippen LogP) is 2.46. The molecule has 0 aliphatic carbocycles. The molecule has 1 aromatic rings. The summed E-state index contributed by atoms with van der Waals surface area (Å²) in [5, 5.41) is 0. The Balaban J connectivity index is 3.06. The lowest BCUT2D eigenvalue weighted by Crippen LogP contribution is -2.14. The van der Waals surface area contributed by atoms with E-state index in [2.05, 4.69) is 0 Å². The molecule has 0 radical (unpaired) electrons. The fourth-order valence-electron chi connectivity index (χ4n) is 1.38. The highest BCUT2D eigenvalue weighted by molar-refractivity contribution is 7.90. The zero-order valence-electron chi connectivity index (χ0n) is 9.79. The van der Waals surface area contributed by atoms with Crippen LogP contribution in [0.25, 0.3) is 0 Å². The van der Waals surface area contributed by atoms with Crippen LogP contribution >= 0.6 is 0 Å². The molecule has 1 rings (SSSR count). The zero-order chi connectivity index (χ0) is 14.8. The van der Waals surface area contributed by atoms with Gasteiger partial charge in [-0.25, -0.2) is 12.8 Å². The Labute approximate surface area is 107 Å². The molecule has 1 aromatic carbocycles. The minimum absolute atomic E-state index is 0.517. The minimum Gasteiger partial charge on any atom is -0.294 e. The fraction of sp³-hybridized carbons (Fsp3) is 0.364. The topological polar surface area (TPSA) is 51.2 Å². The molecule has 0 saturated heterocycles. The molecule has 0 bridgehead atoms. The molecular formula is C11H10F4O3S. The number of sulfone groups is 1. The molecule has 0 N–H and O–H groups in total. The Morgan fingerprint density at radius 2 is 1.84 bits per heavy atom. The van der Waals surface area contributed by atoms with Gasteiger partial charge in [0.15, 0.2) is 5.78 Å². The van der Waals surface area contributed by atoms with E-state index in [1.807, 2.05) is 0 Å². The lowest BCUT2D eigenvalue weighted by molar-refractivity contribution is -0.140. The summed E-state index contributed by atoms with van der Waals surface area (Å²) in [5.41, 5.74) is -2.30. The van der Waals surface area contributed by atoms with Gasteiger partial charge >= 0.3 is 6.18 Å². The quantitative estimate of drug-likeness (QED) is 0.634. The van der Waals surface area contributed by atoms with Gasteiger partial charge in [-0.05, 0) is 12.1 Å². The first-order valence-electron chi connectivity index (χ1n) is 5.09. The van der Waals surface area contributed by atoms with E-state index in [0.29, 0.717) is 6.07 Å². The summed E-state index contributed by atoms with van der Waals surface area (Å²) in [6.07, 6.45) is -4.59. The molecule has 0 heterocycles. The van der Waals surface area contributed by atoms with Crippen molar-refractivity contribution in [2.75, 3.05) is 12.0 Å². The molecule has 0 atom stereocenters. The van der Waals surface area contributed by atoms with Crippen LogP contribution in [0.3, 0.4) is 0 Å². The van der Waals surface area contributed by atoms with Crippen molar-refractivity contribution in [2.45, 2.75) is 12.6 Å². The second-order valence-electron chi connectivity index (χ2n) is 3.97. The molecule has 0 aliphatic heterocycles. The zero-order valence-corrected chi connectivity index (χ0v) is 10.6. The summed E-state index contributed by atoms with van der Waals surface area (Å²) < 4.78 is 72.5. The smallest absolute Gasteiger partial charge is 0.294 e. The Morgan fingerprint density at radius 1 is 1.26 bits per heavy atom. The van der Waals surface area contributed by atoms with E-state index in [9.17, 15) is 30.8 Å². The van der Waals surface area contributed by atoms with Crippen LogP contribution in [0.5, 0.6) is 0 Å². The number of ketones is 1. The summed E-state index contributed by atoms with van der Waals surface area (Å²) in [6.45, 7) is 0. The maximum absolute atomic E-state index is 13.5. The first-order valence-corrected chi connectivity index (χ1v) is 7.15. The van der Waals surface area contributed by atoms with Crippen molar-refractivity contribution in [3.8, 4) is 0 Å². The lowest BCUT2D eigenvalue weighted by Gasteiger charge is -2.10. The average Bonchev–Trinajstić information content (AvgIpc) is 2.23. The number of benzene rings is 1. The molecule has 0 amide bonds. The third kappa shape index (κ3) is 4.30. The second-order valence-corrected chi connectivity index (χ2v) is 6.23. The normalized spacial score (nSPS) is 12.5. The number of rotatable bonds is 4. The van der Waals surface area contributed by atoms with Gasteiger partial charge in [0.05, 0.1) is 16.9 Å². The SMILES string of the molecule is CS(=O)(=O)CCC(=O)c1cccc(C(F)(F)F)c1F. The summed E-state index contributed by atoms with van der Waals surface area (Å²) in [7, 11) is -3.44. The summed E-state index contributed by atoms with van der Waals surface area (Å²) in [6, 6.07) is 2.32. The first-order chi connectivity index (χ1) is 8.52. The molecule has 106 valence electrons. The van der Waals surface area contributed by atoms with E-state index >= 15 is 0 Å². The number of Topliss-reactive ketones (excluding diaryl/α,β-unsaturated/α-hetero) is 1. The number of carbonyl (C=O) groups excluding carboxylic acids is 1. The van der Waals surface area contributed by atoms with Gasteiger partial charge in [-0.3, -0.25) is 4.79 Å². The largest absolute Gasteiger partial charge is 0.419 e. The molecular weight excluding hydrogens is 288 g/mol. The summed E-state index contributed by atoms with van der Waals surface area (Å²) in [5.74, 6) is -3.19. The third-order valence-electron chi connectivity index (χ3n) is 2.30. The minimum atomic E-state index is -4.91. The number of halogens is 4. The van der Waals surface area contributed by atoms with Gasteiger partial charge in [-0.15, -0.1) is 0 Å². The van der Waals surface area contributed by atoms with Crippen molar-refractivity contribution in [1.29, 1.82) is 0 Å². The van der Waals surface area contributed by atoms with E-state index < -0.39 is 50.9 Å². The van der Waals surface area contributed by atoms with E-state index in [4.69, 9.17) is 0 Å². The van der Waals surface area contributed by atoms with E-state index in [1.165, 1.54) is 0 Å². The van der Waals surface area contributed by atoms with E-state index in [1.54, 1.807) is 0 Å². The van der Waals surface area contributed by atoms with Gasteiger partial charge in [0.2, 0.25) is 0 Å². The average molecular weight is 298 g/mol. The van der Waals surface area contributed by atoms with Crippen molar-refractivity contribution in [3.05, 3.63) is 35.1 Å². The molecule has 19 heavy (non-hydrogen) atoms. The lowest BCUT2D eigenvalue weighted by atomic mass is 10.0.